The number of fused-ring (bicyclic) bond motifs is 7. The molecule has 4 nitrogen and oxygen atoms in total. The molecule has 0 radical (unpaired) electrons. The predicted octanol–water partition coefficient (Wildman–Crippen LogP) is 9.07. The quantitative estimate of drug-likeness (QED) is 0.187. The number of ether oxygens (including phenoxy) is 1. The largest absolute Gasteiger partial charge is 0.457 e. The van der Waals surface area contributed by atoms with Crippen LogP contribution < -0.4 is 24.9 Å². The van der Waals surface area contributed by atoms with Gasteiger partial charge in [-0.1, -0.05) is 104 Å². The second-order valence-electron chi connectivity index (χ2n) is 13.8. The van der Waals surface area contributed by atoms with Crippen LogP contribution in [0.3, 0.4) is 0 Å². The minimum atomic E-state index is -1.90. The molecule has 2 atom stereocenters. The van der Waals surface area contributed by atoms with Crippen molar-refractivity contribution in [3.05, 3.63) is 138 Å². The van der Waals surface area contributed by atoms with Gasteiger partial charge in [-0.05, 0) is 94.9 Å². The van der Waals surface area contributed by atoms with Gasteiger partial charge >= 0.3 is 0 Å². The smallest absolute Gasteiger partial charge is 0.211 e. The van der Waals surface area contributed by atoms with E-state index < -0.39 is 8.07 Å². The summed E-state index contributed by atoms with van der Waals surface area (Å²) in [6, 6.07) is 35.9. The Labute approximate surface area is 278 Å². The number of aryl methyl sites for hydroxylation is 3. The second-order valence-corrected chi connectivity index (χ2v) is 18.1. The van der Waals surface area contributed by atoms with Gasteiger partial charge in [-0.2, -0.15) is 0 Å². The number of allylic oxidation sites excluding steroid dienone is 2. The molecule has 0 bridgehead atoms. The van der Waals surface area contributed by atoms with Crippen LogP contribution in [0.1, 0.15) is 16.7 Å². The molecule has 5 heteroatoms. The summed E-state index contributed by atoms with van der Waals surface area (Å²) in [6.45, 7) is 11.6. The molecule has 5 aromatic carbocycles. The molecule has 0 aromatic heterocycles. The fourth-order valence-electron chi connectivity index (χ4n) is 8.09. The number of guanidine groups is 1. The molecule has 3 heterocycles. The molecule has 0 N–H and O–H groups in total. The van der Waals surface area contributed by atoms with Crippen molar-refractivity contribution >= 4 is 41.5 Å². The number of anilines is 3. The molecular weight excluding hydrogens is 591 g/mol. The highest BCUT2D eigenvalue weighted by Crippen LogP contribution is 2.47. The van der Waals surface area contributed by atoms with Crippen molar-refractivity contribution in [3.8, 4) is 33.8 Å². The molecule has 0 spiro atoms. The molecule has 9 rings (SSSR count). The van der Waals surface area contributed by atoms with Crippen LogP contribution in [0.5, 0.6) is 11.5 Å². The summed E-state index contributed by atoms with van der Waals surface area (Å²) >= 11 is 0. The van der Waals surface area contributed by atoms with Gasteiger partial charge < -0.3 is 9.64 Å². The van der Waals surface area contributed by atoms with E-state index >= 15 is 0 Å². The highest BCUT2D eigenvalue weighted by molar-refractivity contribution is 7.01. The SMILES string of the molecule is Cc1cc(N2C3=NC4C=CC=CC4N3c3ccccc32)ccc1-c1cc(C)c(-c2cccc3c2Oc2ccccc2[Si]3(C)C)cc1C. The zero-order valence-corrected chi connectivity index (χ0v) is 28.5. The monoisotopic (exact) mass is 627 g/mol. The lowest BCUT2D eigenvalue weighted by molar-refractivity contribution is 0.488. The van der Waals surface area contributed by atoms with Crippen molar-refractivity contribution in [2.75, 3.05) is 9.80 Å². The molecule has 2 unspecified atom stereocenters. The van der Waals surface area contributed by atoms with Crippen molar-refractivity contribution in [1.82, 2.24) is 0 Å². The van der Waals surface area contributed by atoms with E-state index in [1.165, 1.54) is 60.7 Å². The Morgan fingerprint density at radius 3 is 2.13 bits per heavy atom. The number of aliphatic imine (C=N–C) groups is 1. The minimum absolute atomic E-state index is 0.138. The maximum Gasteiger partial charge on any atom is 0.211 e. The molecule has 0 fully saturated rings. The van der Waals surface area contributed by atoms with Crippen LogP contribution in [0, 0.1) is 20.8 Å². The van der Waals surface area contributed by atoms with Crippen molar-refractivity contribution in [3.63, 3.8) is 0 Å². The van der Waals surface area contributed by atoms with Gasteiger partial charge in [0.1, 0.15) is 19.6 Å². The highest BCUT2D eigenvalue weighted by atomic mass is 28.3. The zero-order valence-electron chi connectivity index (χ0n) is 27.5. The third kappa shape index (κ3) is 4.09. The average Bonchev–Trinajstić information content (AvgIpc) is 3.60. The highest BCUT2D eigenvalue weighted by Gasteiger charge is 2.44. The first-order valence-corrected chi connectivity index (χ1v) is 19.6. The van der Waals surface area contributed by atoms with Crippen LogP contribution in [0.4, 0.5) is 17.1 Å². The first kappa shape index (κ1) is 28.1. The molecule has 3 aliphatic heterocycles. The Morgan fingerprint density at radius 1 is 0.638 bits per heavy atom. The Kier molecular flexibility index (Phi) is 6.09. The number of benzene rings is 5. The Balaban J connectivity index is 1.09. The molecule has 0 saturated carbocycles. The lowest BCUT2D eigenvalue weighted by Crippen LogP contribution is -2.56. The maximum absolute atomic E-state index is 6.68. The van der Waals surface area contributed by atoms with Gasteiger partial charge in [0.05, 0.1) is 23.5 Å². The molecule has 5 aromatic rings. The topological polar surface area (TPSA) is 28.1 Å². The number of para-hydroxylation sites is 4. The van der Waals surface area contributed by atoms with E-state index in [-0.39, 0.29) is 12.1 Å². The summed E-state index contributed by atoms with van der Waals surface area (Å²) in [5.41, 5.74) is 12.2. The molecule has 47 heavy (non-hydrogen) atoms. The van der Waals surface area contributed by atoms with E-state index in [0.29, 0.717) is 0 Å². The zero-order chi connectivity index (χ0) is 32.0. The van der Waals surface area contributed by atoms with E-state index in [4.69, 9.17) is 9.73 Å². The van der Waals surface area contributed by atoms with Crippen molar-refractivity contribution in [1.29, 1.82) is 0 Å². The summed E-state index contributed by atoms with van der Waals surface area (Å²) in [4.78, 5) is 9.91. The Bertz CT molecular complexity index is 2230. The van der Waals surface area contributed by atoms with Gasteiger partial charge in [-0.25, -0.2) is 4.99 Å². The summed E-state index contributed by atoms with van der Waals surface area (Å²) in [6.07, 6.45) is 8.72. The van der Waals surface area contributed by atoms with Gasteiger partial charge in [-0.15, -0.1) is 0 Å². The molecule has 0 saturated heterocycles. The maximum atomic E-state index is 6.68. The molecular formula is C42H37N3OSi. The summed E-state index contributed by atoms with van der Waals surface area (Å²) in [5.74, 6) is 3.03. The van der Waals surface area contributed by atoms with Crippen molar-refractivity contribution < 1.29 is 4.74 Å². The third-order valence-electron chi connectivity index (χ3n) is 10.5. The van der Waals surface area contributed by atoms with Gasteiger partial charge in [0, 0.05) is 11.3 Å². The van der Waals surface area contributed by atoms with Crippen LogP contribution in [0.15, 0.2) is 126 Å². The van der Waals surface area contributed by atoms with E-state index in [1.54, 1.807) is 0 Å². The number of rotatable bonds is 3. The van der Waals surface area contributed by atoms with Crippen molar-refractivity contribution in [2.24, 2.45) is 4.99 Å². The first-order valence-electron chi connectivity index (χ1n) is 16.6. The van der Waals surface area contributed by atoms with Crippen LogP contribution in [0.25, 0.3) is 22.3 Å². The second kappa shape index (κ2) is 10.2. The van der Waals surface area contributed by atoms with Crippen LogP contribution in [-0.4, -0.2) is 26.1 Å². The van der Waals surface area contributed by atoms with E-state index in [2.05, 4.69) is 165 Å². The third-order valence-corrected chi connectivity index (χ3v) is 14.0. The van der Waals surface area contributed by atoms with Gasteiger partial charge in [0.25, 0.3) is 0 Å². The first-order chi connectivity index (χ1) is 22.8. The molecule has 1 aliphatic carbocycles. The number of nitrogens with zero attached hydrogens (tertiary/aromatic N) is 3. The van der Waals surface area contributed by atoms with E-state index in [1.807, 2.05) is 0 Å². The minimum Gasteiger partial charge on any atom is -0.457 e. The Morgan fingerprint density at radius 2 is 1.32 bits per heavy atom. The number of hydrogen-bond donors (Lipinski definition) is 0. The summed E-state index contributed by atoms with van der Waals surface area (Å²) < 4.78 is 6.68. The molecule has 230 valence electrons. The standard InChI is InChI=1S/C42H37N3OSi/c1-26-23-29(44-36-16-8-9-17-37(36)45-35-15-7-6-14-34(35)43-42(44)45)21-22-30(26)32-24-28(3)33(25-27(32)2)31-13-12-20-40-41(31)46-38-18-10-11-19-39(38)47(40,4)5/h6-25,34-35H,1-5H3. The van der Waals surface area contributed by atoms with Gasteiger partial charge in [0.2, 0.25) is 5.96 Å². The van der Waals surface area contributed by atoms with Crippen LogP contribution >= 0.6 is 0 Å². The fraction of sp³-hybridized carbons (Fsp3) is 0.167. The fourth-order valence-corrected chi connectivity index (χ4v) is 10.9. The lowest BCUT2D eigenvalue weighted by atomic mass is 9.90. The lowest BCUT2D eigenvalue weighted by Gasteiger charge is -2.34. The van der Waals surface area contributed by atoms with E-state index in [9.17, 15) is 0 Å². The predicted molar refractivity (Wildman–Crippen MR) is 199 cm³/mol. The normalized spacial score (nSPS) is 19.4. The van der Waals surface area contributed by atoms with Gasteiger partial charge in [-0.3, -0.25) is 4.90 Å². The van der Waals surface area contributed by atoms with Crippen molar-refractivity contribution in [2.45, 2.75) is 45.9 Å². The molecule has 0 amide bonds. The van der Waals surface area contributed by atoms with Gasteiger partial charge in [0.15, 0.2) is 0 Å². The Hall–Kier alpha value is -5.13. The average molecular weight is 628 g/mol. The van der Waals surface area contributed by atoms with E-state index in [0.717, 1.165) is 23.1 Å². The summed E-state index contributed by atoms with van der Waals surface area (Å²) in [5, 5.41) is 2.73. The van der Waals surface area contributed by atoms with Crippen LogP contribution in [-0.2, 0) is 0 Å². The summed E-state index contributed by atoms with van der Waals surface area (Å²) in [7, 11) is -1.90. The number of hydrogen-bond acceptors (Lipinski definition) is 4. The van der Waals surface area contributed by atoms with Crippen LogP contribution in [0.2, 0.25) is 13.1 Å². The molecule has 4 aliphatic rings.